The molecule has 1 aliphatic heterocycles. The maximum atomic E-state index is 5.52. The summed E-state index contributed by atoms with van der Waals surface area (Å²) in [7, 11) is 0. The van der Waals surface area contributed by atoms with Crippen LogP contribution in [0.5, 0.6) is 0 Å². The summed E-state index contributed by atoms with van der Waals surface area (Å²) in [4.78, 5) is 6.51. The Morgan fingerprint density at radius 3 is 2.95 bits per heavy atom. The fourth-order valence-corrected chi connectivity index (χ4v) is 2.39. The first-order chi connectivity index (χ1) is 9.43. The van der Waals surface area contributed by atoms with Crippen LogP contribution >= 0.6 is 0 Å². The second kappa shape index (κ2) is 5.95. The first kappa shape index (κ1) is 12.3. The summed E-state index contributed by atoms with van der Waals surface area (Å²) in [5.74, 6) is 0.716. The summed E-state index contributed by atoms with van der Waals surface area (Å²) < 4.78 is 10.4. The van der Waals surface area contributed by atoms with Crippen LogP contribution < -0.4 is 0 Å². The second-order valence-electron chi connectivity index (χ2n) is 4.65. The highest BCUT2D eigenvalue weighted by atomic mass is 16.5. The molecule has 5 heteroatoms. The fraction of sp³-hybridized carbons (Fsp3) is 0.429. The summed E-state index contributed by atoms with van der Waals surface area (Å²) in [6.07, 6.45) is 2.40. The lowest BCUT2D eigenvalue weighted by molar-refractivity contribution is -0.0118. The van der Waals surface area contributed by atoms with Gasteiger partial charge in [-0.2, -0.15) is 4.98 Å². The van der Waals surface area contributed by atoms with Crippen molar-refractivity contribution in [1.29, 1.82) is 0 Å². The molecule has 1 aromatic carbocycles. The number of hydrogen-bond donors (Lipinski definition) is 0. The molecular formula is C14H17N3O2. The second-order valence-corrected chi connectivity index (χ2v) is 4.65. The van der Waals surface area contributed by atoms with Crippen molar-refractivity contribution in [2.24, 2.45) is 0 Å². The van der Waals surface area contributed by atoms with E-state index in [1.54, 1.807) is 0 Å². The van der Waals surface area contributed by atoms with Crippen molar-refractivity contribution in [3.8, 4) is 0 Å². The minimum Gasteiger partial charge on any atom is -0.378 e. The molecule has 1 aromatic heterocycles. The van der Waals surface area contributed by atoms with E-state index in [1.807, 2.05) is 6.07 Å². The van der Waals surface area contributed by atoms with E-state index in [0.29, 0.717) is 12.4 Å². The Labute approximate surface area is 112 Å². The molecule has 2 heterocycles. The summed E-state index contributed by atoms with van der Waals surface area (Å²) in [6, 6.07) is 10.6. The Hall–Kier alpha value is -1.72. The largest absolute Gasteiger partial charge is 0.378 e. The van der Waals surface area contributed by atoms with E-state index in [2.05, 4.69) is 39.3 Å². The van der Waals surface area contributed by atoms with Gasteiger partial charge in [0.25, 0.3) is 0 Å². The first-order valence-electron chi connectivity index (χ1n) is 6.55. The van der Waals surface area contributed by atoms with Gasteiger partial charge < -0.3 is 9.26 Å². The van der Waals surface area contributed by atoms with Gasteiger partial charge in [0.1, 0.15) is 0 Å². The Morgan fingerprint density at radius 2 is 2.16 bits per heavy atom. The number of nitrogens with zero attached hydrogens (tertiary/aromatic N) is 3. The van der Waals surface area contributed by atoms with E-state index in [1.165, 1.54) is 12.0 Å². The van der Waals surface area contributed by atoms with E-state index < -0.39 is 0 Å². The highest BCUT2D eigenvalue weighted by Gasteiger charge is 2.27. The summed E-state index contributed by atoms with van der Waals surface area (Å²) in [5, 5.41) is 3.94. The van der Waals surface area contributed by atoms with Crippen molar-refractivity contribution in [2.45, 2.75) is 12.5 Å². The maximum absolute atomic E-state index is 5.52. The first-order valence-corrected chi connectivity index (χ1v) is 6.55. The maximum Gasteiger partial charge on any atom is 0.213 e. The quantitative estimate of drug-likeness (QED) is 0.836. The standard InChI is InChI=1S/C14H17N3O2/c1-2-4-12(5-3-1)6-7-17-8-9-18-10-13(17)14-15-11-19-16-14/h1-5,11,13H,6-10H2. The summed E-state index contributed by atoms with van der Waals surface area (Å²) in [5.41, 5.74) is 1.35. The van der Waals surface area contributed by atoms with Gasteiger partial charge in [0, 0.05) is 13.1 Å². The van der Waals surface area contributed by atoms with Crippen molar-refractivity contribution < 1.29 is 9.26 Å². The van der Waals surface area contributed by atoms with E-state index in [0.717, 1.165) is 26.1 Å². The van der Waals surface area contributed by atoms with Crippen molar-refractivity contribution in [2.75, 3.05) is 26.3 Å². The molecule has 2 aromatic rings. The molecule has 100 valence electrons. The molecule has 0 amide bonds. The van der Waals surface area contributed by atoms with Crippen LogP contribution in [0, 0.1) is 0 Å². The summed E-state index contributed by atoms with van der Waals surface area (Å²) in [6.45, 7) is 3.29. The van der Waals surface area contributed by atoms with Crippen molar-refractivity contribution in [1.82, 2.24) is 15.0 Å². The Kier molecular flexibility index (Phi) is 3.86. The third kappa shape index (κ3) is 3.00. The SMILES string of the molecule is c1ccc(CCN2CCOCC2c2ncon2)cc1. The Morgan fingerprint density at radius 1 is 1.26 bits per heavy atom. The third-order valence-electron chi connectivity index (χ3n) is 3.45. The number of hydrogen-bond acceptors (Lipinski definition) is 5. The van der Waals surface area contributed by atoms with Crippen LogP contribution in [-0.4, -0.2) is 41.3 Å². The van der Waals surface area contributed by atoms with Crippen molar-refractivity contribution >= 4 is 0 Å². The van der Waals surface area contributed by atoms with Gasteiger partial charge in [-0.15, -0.1) is 0 Å². The third-order valence-corrected chi connectivity index (χ3v) is 3.45. The molecule has 0 saturated carbocycles. The zero-order chi connectivity index (χ0) is 12.9. The van der Waals surface area contributed by atoms with Crippen molar-refractivity contribution in [3.05, 3.63) is 48.1 Å². The number of aromatic nitrogens is 2. The van der Waals surface area contributed by atoms with Crippen LogP contribution in [-0.2, 0) is 11.2 Å². The van der Waals surface area contributed by atoms with Crippen molar-refractivity contribution in [3.63, 3.8) is 0 Å². The molecule has 5 nitrogen and oxygen atoms in total. The van der Waals surface area contributed by atoms with Crippen LogP contribution in [0.4, 0.5) is 0 Å². The molecule has 1 saturated heterocycles. The molecule has 0 spiro atoms. The van der Waals surface area contributed by atoms with Gasteiger partial charge in [-0.25, -0.2) is 0 Å². The van der Waals surface area contributed by atoms with Gasteiger partial charge >= 0.3 is 0 Å². The molecule has 3 rings (SSSR count). The van der Waals surface area contributed by atoms with Gasteiger partial charge in [0.2, 0.25) is 6.39 Å². The zero-order valence-electron chi connectivity index (χ0n) is 10.7. The average Bonchev–Trinajstić information content (AvgIpc) is 3.01. The van der Waals surface area contributed by atoms with Gasteiger partial charge in [-0.3, -0.25) is 4.90 Å². The highest BCUT2D eigenvalue weighted by molar-refractivity contribution is 5.15. The number of rotatable bonds is 4. The smallest absolute Gasteiger partial charge is 0.213 e. The van der Waals surface area contributed by atoms with Crippen LogP contribution in [0.1, 0.15) is 17.4 Å². The topological polar surface area (TPSA) is 51.4 Å². The lowest BCUT2D eigenvalue weighted by Crippen LogP contribution is -2.41. The van der Waals surface area contributed by atoms with Crippen LogP contribution in [0.25, 0.3) is 0 Å². The minimum atomic E-state index is 0.108. The molecule has 0 aliphatic carbocycles. The molecule has 1 fully saturated rings. The molecular weight excluding hydrogens is 242 g/mol. The Bertz CT molecular complexity index is 487. The van der Waals surface area contributed by atoms with Gasteiger partial charge in [-0.1, -0.05) is 35.5 Å². The summed E-state index contributed by atoms with van der Waals surface area (Å²) >= 11 is 0. The minimum absolute atomic E-state index is 0.108. The zero-order valence-corrected chi connectivity index (χ0v) is 10.7. The lowest BCUT2D eigenvalue weighted by atomic mass is 10.1. The molecule has 1 unspecified atom stereocenters. The number of morpholine rings is 1. The van der Waals surface area contributed by atoms with E-state index in [4.69, 9.17) is 9.26 Å². The molecule has 0 radical (unpaired) electrons. The fourth-order valence-electron chi connectivity index (χ4n) is 2.39. The van der Waals surface area contributed by atoms with E-state index >= 15 is 0 Å². The molecule has 0 N–H and O–H groups in total. The van der Waals surface area contributed by atoms with E-state index in [9.17, 15) is 0 Å². The predicted molar refractivity (Wildman–Crippen MR) is 69.6 cm³/mol. The van der Waals surface area contributed by atoms with E-state index in [-0.39, 0.29) is 6.04 Å². The predicted octanol–water partition coefficient (Wildman–Crippen LogP) is 1.69. The van der Waals surface area contributed by atoms with Crippen LogP contribution in [0.15, 0.2) is 41.2 Å². The highest BCUT2D eigenvalue weighted by Crippen LogP contribution is 2.21. The van der Waals surface area contributed by atoms with Gasteiger partial charge in [0.15, 0.2) is 5.82 Å². The molecule has 19 heavy (non-hydrogen) atoms. The monoisotopic (exact) mass is 259 g/mol. The van der Waals surface area contributed by atoms with Gasteiger partial charge in [-0.05, 0) is 12.0 Å². The number of benzene rings is 1. The average molecular weight is 259 g/mol. The molecule has 0 bridgehead atoms. The Balaban J connectivity index is 1.64. The van der Waals surface area contributed by atoms with Gasteiger partial charge in [0.05, 0.1) is 19.3 Å². The number of ether oxygens (including phenoxy) is 1. The molecule has 1 atom stereocenters. The molecule has 1 aliphatic rings. The van der Waals surface area contributed by atoms with Crippen LogP contribution in [0.3, 0.4) is 0 Å². The normalized spacial score (nSPS) is 20.5. The van der Waals surface area contributed by atoms with Crippen LogP contribution in [0.2, 0.25) is 0 Å². The lowest BCUT2D eigenvalue weighted by Gasteiger charge is -2.33.